The Labute approximate surface area is 140 Å². The predicted molar refractivity (Wildman–Crippen MR) is 92.7 cm³/mol. The number of methoxy groups -OCH3 is 3. The lowest BCUT2D eigenvalue weighted by Gasteiger charge is -2.35. The molecular weight excluding hydrogens is 292 g/mol. The van der Waals surface area contributed by atoms with E-state index < -0.39 is 0 Å². The maximum atomic E-state index is 5.58. The van der Waals surface area contributed by atoms with E-state index in [1.54, 1.807) is 21.3 Å². The molecule has 5 nitrogen and oxygen atoms in total. The summed E-state index contributed by atoms with van der Waals surface area (Å²) in [6.45, 7) is 8.85. The highest BCUT2D eigenvalue weighted by Gasteiger charge is 2.20. The van der Waals surface area contributed by atoms with Crippen molar-refractivity contribution in [3.8, 4) is 17.2 Å². The summed E-state index contributed by atoms with van der Waals surface area (Å²) in [5, 5.41) is 0. The van der Waals surface area contributed by atoms with Gasteiger partial charge in [-0.3, -0.25) is 4.90 Å². The Hall–Kier alpha value is -1.46. The predicted octanol–water partition coefficient (Wildman–Crippen LogP) is 2.63. The van der Waals surface area contributed by atoms with Crippen molar-refractivity contribution in [3.05, 3.63) is 17.7 Å². The van der Waals surface area contributed by atoms with Gasteiger partial charge in [-0.15, -0.1) is 0 Å². The van der Waals surface area contributed by atoms with Gasteiger partial charge in [-0.25, -0.2) is 0 Å². The maximum Gasteiger partial charge on any atom is 0.203 e. The van der Waals surface area contributed by atoms with Crippen LogP contribution in [0, 0.1) is 0 Å². The molecule has 0 bridgehead atoms. The van der Waals surface area contributed by atoms with Gasteiger partial charge in [0.25, 0.3) is 0 Å². The van der Waals surface area contributed by atoms with Gasteiger partial charge in [0, 0.05) is 38.3 Å². The molecule has 1 aromatic rings. The fourth-order valence-corrected chi connectivity index (χ4v) is 3.08. The number of hydrogen-bond acceptors (Lipinski definition) is 5. The number of rotatable bonds is 8. The Morgan fingerprint density at radius 1 is 0.870 bits per heavy atom. The molecule has 0 saturated carbocycles. The van der Waals surface area contributed by atoms with Crippen molar-refractivity contribution in [2.45, 2.75) is 26.3 Å². The lowest BCUT2D eigenvalue weighted by Crippen LogP contribution is -2.46. The van der Waals surface area contributed by atoms with Gasteiger partial charge < -0.3 is 19.1 Å². The van der Waals surface area contributed by atoms with Gasteiger partial charge in [0.2, 0.25) is 5.75 Å². The lowest BCUT2D eigenvalue weighted by molar-refractivity contribution is 0.125. The molecular formula is C18H30N2O3. The van der Waals surface area contributed by atoms with Crippen LogP contribution < -0.4 is 14.2 Å². The third kappa shape index (κ3) is 4.52. The van der Waals surface area contributed by atoms with Crippen LogP contribution in [0.3, 0.4) is 0 Å². The van der Waals surface area contributed by atoms with Crippen LogP contribution in [0.15, 0.2) is 12.1 Å². The zero-order chi connectivity index (χ0) is 16.7. The van der Waals surface area contributed by atoms with Gasteiger partial charge in [0.1, 0.15) is 0 Å². The summed E-state index contributed by atoms with van der Waals surface area (Å²) in [5.41, 5.74) is 1.15. The number of hydrogen-bond donors (Lipinski definition) is 0. The third-order valence-corrected chi connectivity index (χ3v) is 4.47. The summed E-state index contributed by atoms with van der Waals surface area (Å²) in [7, 11) is 4.98. The number of nitrogens with zero attached hydrogens (tertiary/aromatic N) is 2. The molecule has 0 aromatic heterocycles. The first-order chi connectivity index (χ1) is 11.2. The quantitative estimate of drug-likeness (QED) is 0.735. The number of unbranched alkanes of at least 4 members (excludes halogenated alkanes) is 1. The molecule has 1 aliphatic rings. The fraction of sp³-hybridized carbons (Fsp3) is 0.667. The number of ether oxygens (including phenoxy) is 3. The van der Waals surface area contributed by atoms with Crippen LogP contribution in [0.2, 0.25) is 0 Å². The summed E-state index contributed by atoms with van der Waals surface area (Å²) in [5.74, 6) is 2.16. The van der Waals surface area contributed by atoms with Crippen molar-refractivity contribution in [2.24, 2.45) is 0 Å². The van der Waals surface area contributed by atoms with Crippen molar-refractivity contribution >= 4 is 0 Å². The van der Waals surface area contributed by atoms with E-state index in [0.717, 1.165) is 44.0 Å². The number of piperazine rings is 1. The Kier molecular flexibility index (Phi) is 6.99. The van der Waals surface area contributed by atoms with E-state index in [9.17, 15) is 0 Å². The van der Waals surface area contributed by atoms with E-state index >= 15 is 0 Å². The second-order valence-corrected chi connectivity index (χ2v) is 5.96. The van der Waals surface area contributed by atoms with E-state index in [2.05, 4.69) is 22.8 Å². The minimum atomic E-state index is 0.675. The molecule has 0 N–H and O–H groups in total. The van der Waals surface area contributed by atoms with Gasteiger partial charge in [-0.2, -0.15) is 0 Å². The van der Waals surface area contributed by atoms with Crippen LogP contribution in [-0.2, 0) is 6.54 Å². The minimum Gasteiger partial charge on any atom is -0.493 e. The largest absolute Gasteiger partial charge is 0.493 e. The van der Waals surface area contributed by atoms with Gasteiger partial charge in [-0.1, -0.05) is 19.4 Å². The second kappa shape index (κ2) is 8.99. The zero-order valence-electron chi connectivity index (χ0n) is 14.9. The van der Waals surface area contributed by atoms with E-state index in [1.807, 2.05) is 6.07 Å². The summed E-state index contributed by atoms with van der Waals surface area (Å²) in [4.78, 5) is 5.04. The Morgan fingerprint density at radius 3 is 2.09 bits per heavy atom. The summed E-state index contributed by atoms with van der Waals surface area (Å²) >= 11 is 0. The summed E-state index contributed by atoms with van der Waals surface area (Å²) in [6, 6.07) is 4.03. The van der Waals surface area contributed by atoms with Crippen LogP contribution in [-0.4, -0.2) is 63.9 Å². The molecule has 0 atom stereocenters. The van der Waals surface area contributed by atoms with Crippen molar-refractivity contribution in [2.75, 3.05) is 54.1 Å². The first kappa shape index (κ1) is 17.9. The molecule has 2 rings (SSSR count). The molecule has 130 valence electrons. The standard InChI is InChI=1S/C18H30N2O3/c1-5-6-9-19-10-12-20(13-11-19)14-15-7-8-16(21-2)18(23-4)17(15)22-3/h7-8H,5-6,9-14H2,1-4H3. The topological polar surface area (TPSA) is 34.2 Å². The molecule has 0 spiro atoms. The Balaban J connectivity index is 2.01. The average Bonchev–Trinajstić information content (AvgIpc) is 2.60. The average molecular weight is 322 g/mol. The van der Waals surface area contributed by atoms with Crippen LogP contribution in [0.5, 0.6) is 17.2 Å². The van der Waals surface area contributed by atoms with Crippen molar-refractivity contribution < 1.29 is 14.2 Å². The maximum absolute atomic E-state index is 5.58. The van der Waals surface area contributed by atoms with Crippen LogP contribution >= 0.6 is 0 Å². The van der Waals surface area contributed by atoms with Crippen molar-refractivity contribution in [1.82, 2.24) is 9.80 Å². The monoisotopic (exact) mass is 322 g/mol. The van der Waals surface area contributed by atoms with Gasteiger partial charge in [0.15, 0.2) is 11.5 Å². The molecule has 0 amide bonds. The number of benzene rings is 1. The molecule has 23 heavy (non-hydrogen) atoms. The first-order valence-electron chi connectivity index (χ1n) is 8.46. The van der Waals surface area contributed by atoms with Crippen molar-refractivity contribution in [1.29, 1.82) is 0 Å². The van der Waals surface area contributed by atoms with Crippen LogP contribution in [0.4, 0.5) is 0 Å². The normalized spacial score (nSPS) is 16.3. The molecule has 1 aromatic carbocycles. The highest BCUT2D eigenvalue weighted by molar-refractivity contribution is 5.55. The SMILES string of the molecule is CCCCN1CCN(Cc2ccc(OC)c(OC)c2OC)CC1. The molecule has 0 unspecified atom stereocenters. The Morgan fingerprint density at radius 2 is 1.52 bits per heavy atom. The zero-order valence-corrected chi connectivity index (χ0v) is 14.9. The second-order valence-electron chi connectivity index (χ2n) is 5.96. The van der Waals surface area contributed by atoms with Gasteiger partial charge >= 0.3 is 0 Å². The highest BCUT2D eigenvalue weighted by Crippen LogP contribution is 2.40. The summed E-state index contributed by atoms with van der Waals surface area (Å²) < 4.78 is 16.4. The van der Waals surface area contributed by atoms with Gasteiger partial charge in [0.05, 0.1) is 21.3 Å². The van der Waals surface area contributed by atoms with Gasteiger partial charge in [-0.05, 0) is 19.0 Å². The first-order valence-corrected chi connectivity index (χ1v) is 8.46. The molecule has 1 saturated heterocycles. The van der Waals surface area contributed by atoms with Crippen LogP contribution in [0.25, 0.3) is 0 Å². The molecule has 1 fully saturated rings. The lowest BCUT2D eigenvalue weighted by atomic mass is 10.1. The van der Waals surface area contributed by atoms with Crippen LogP contribution in [0.1, 0.15) is 25.3 Å². The molecule has 1 aliphatic heterocycles. The third-order valence-electron chi connectivity index (χ3n) is 4.47. The Bertz CT molecular complexity index is 485. The van der Waals surface area contributed by atoms with E-state index in [4.69, 9.17) is 14.2 Å². The highest BCUT2D eigenvalue weighted by atomic mass is 16.5. The van der Waals surface area contributed by atoms with E-state index in [0.29, 0.717) is 11.5 Å². The molecule has 5 heteroatoms. The summed E-state index contributed by atoms with van der Waals surface area (Å²) in [6.07, 6.45) is 2.56. The molecule has 0 radical (unpaired) electrons. The minimum absolute atomic E-state index is 0.675. The van der Waals surface area contributed by atoms with E-state index in [1.165, 1.54) is 19.4 Å². The fourth-order valence-electron chi connectivity index (χ4n) is 3.08. The van der Waals surface area contributed by atoms with E-state index in [-0.39, 0.29) is 0 Å². The molecule has 0 aliphatic carbocycles. The molecule has 1 heterocycles. The van der Waals surface area contributed by atoms with Crippen molar-refractivity contribution in [3.63, 3.8) is 0 Å². The smallest absolute Gasteiger partial charge is 0.203 e.